The van der Waals surface area contributed by atoms with E-state index in [0.717, 1.165) is 33.6 Å². The van der Waals surface area contributed by atoms with Gasteiger partial charge >= 0.3 is 199 Å². The number of benzene rings is 3. The Hall–Kier alpha value is -3.28. The summed E-state index contributed by atoms with van der Waals surface area (Å²) in [5, 5.41) is 12.8. The van der Waals surface area contributed by atoms with Gasteiger partial charge in [-0.15, -0.1) is 0 Å². The molecule has 0 saturated heterocycles. The van der Waals surface area contributed by atoms with Crippen molar-refractivity contribution in [2.45, 2.75) is 22.6 Å². The molecule has 0 spiro atoms. The van der Waals surface area contributed by atoms with Crippen molar-refractivity contribution >= 4 is 27.0 Å². The van der Waals surface area contributed by atoms with Gasteiger partial charge in [-0.25, -0.2) is 0 Å². The Morgan fingerprint density at radius 3 is 2.15 bits per heavy atom. The number of alkyl carbamates (subject to hydrolysis) is 1. The monoisotopic (exact) mass is 511 g/mol. The van der Waals surface area contributed by atoms with Crippen molar-refractivity contribution in [3.05, 3.63) is 89.5 Å². The van der Waals surface area contributed by atoms with Crippen LogP contribution in [0.1, 0.15) is 29.0 Å². The number of carboxylic acids is 1. The van der Waals surface area contributed by atoms with Gasteiger partial charge in [0.2, 0.25) is 0 Å². The number of methoxy groups -OCH3 is 1. The molecule has 1 atom stereocenters. The molecule has 0 fully saturated rings. The second-order valence-corrected chi connectivity index (χ2v) is 10.2. The zero-order valence-electron chi connectivity index (χ0n) is 18.2. The molecule has 2 N–H and O–H groups in total. The van der Waals surface area contributed by atoms with E-state index >= 15 is 0 Å². The number of carbonyl (C=O) groups is 2. The van der Waals surface area contributed by atoms with Crippen LogP contribution < -0.4 is 10.1 Å². The summed E-state index contributed by atoms with van der Waals surface area (Å²) in [7, 11) is 1.61. The molecule has 7 heteroatoms. The van der Waals surface area contributed by atoms with Crippen molar-refractivity contribution in [3.63, 3.8) is 0 Å². The first-order valence-corrected chi connectivity index (χ1v) is 12.8. The van der Waals surface area contributed by atoms with E-state index < -0.39 is 17.0 Å². The van der Waals surface area contributed by atoms with Gasteiger partial charge in [0.25, 0.3) is 0 Å². The normalized spacial score (nSPS) is 13.0. The first-order valence-electron chi connectivity index (χ1n) is 10.6. The number of amides is 1. The van der Waals surface area contributed by atoms with Crippen molar-refractivity contribution < 1.29 is 24.2 Å². The van der Waals surface area contributed by atoms with Gasteiger partial charge in [0, 0.05) is 0 Å². The summed E-state index contributed by atoms with van der Waals surface area (Å²) in [4.78, 5) is 23.4. The van der Waals surface area contributed by atoms with Gasteiger partial charge in [0.1, 0.15) is 0 Å². The van der Waals surface area contributed by atoms with Crippen molar-refractivity contribution in [2.75, 3.05) is 13.7 Å². The fraction of sp³-hybridized carbons (Fsp3) is 0.231. The standard InChI is InChI=1S/C26H25NO5Se/c1-31-18-12-10-17(11-13-18)16-33-24(14-25(28)29)27-26(30)32-15-23-21-8-4-2-6-19(21)20-7-3-5-9-22(20)23/h2-13,23-24H,14-16H2,1H3,(H,27,30)(H,28,29)/t24-/m0/s1. The average Bonchev–Trinajstić information content (AvgIpc) is 3.15. The Bertz CT molecular complexity index is 1090. The summed E-state index contributed by atoms with van der Waals surface area (Å²) in [6.45, 7) is 0.200. The Morgan fingerprint density at radius 1 is 0.970 bits per heavy atom. The number of nitrogens with one attached hydrogen (secondary N) is 1. The molecule has 0 unspecified atom stereocenters. The van der Waals surface area contributed by atoms with Crippen molar-refractivity contribution in [3.8, 4) is 16.9 Å². The molecule has 1 aliphatic carbocycles. The number of carbonyl (C=O) groups excluding carboxylic acids is 1. The Morgan fingerprint density at radius 2 is 1.58 bits per heavy atom. The molecule has 3 aromatic rings. The number of hydrogen-bond donors (Lipinski definition) is 2. The second-order valence-electron chi connectivity index (χ2n) is 7.72. The van der Waals surface area contributed by atoms with Crippen LogP contribution in [0.5, 0.6) is 5.75 Å². The molecule has 0 aromatic heterocycles. The Labute approximate surface area is 199 Å². The van der Waals surface area contributed by atoms with Gasteiger partial charge in [-0.05, 0) is 0 Å². The van der Waals surface area contributed by atoms with Crippen LogP contribution in [-0.4, -0.2) is 50.8 Å². The SMILES string of the molecule is COc1ccc(C[Se][C@@H](CC(=O)O)NC(=O)OCC2c3ccccc3-c3ccccc32)cc1. The third-order valence-corrected chi connectivity index (χ3v) is 8.08. The molecule has 1 amide bonds. The van der Waals surface area contributed by atoms with Gasteiger partial charge in [-0.1, -0.05) is 0 Å². The molecule has 4 rings (SSSR count). The topological polar surface area (TPSA) is 84.9 Å². The van der Waals surface area contributed by atoms with Crippen LogP contribution in [0.3, 0.4) is 0 Å². The van der Waals surface area contributed by atoms with Gasteiger partial charge < -0.3 is 0 Å². The van der Waals surface area contributed by atoms with Crippen molar-refractivity contribution in [1.29, 1.82) is 0 Å². The summed E-state index contributed by atoms with van der Waals surface area (Å²) in [5.41, 5.74) is 5.66. The summed E-state index contributed by atoms with van der Waals surface area (Å²) in [5.74, 6) is -0.216. The molecular weight excluding hydrogens is 485 g/mol. The average molecular weight is 510 g/mol. The van der Waals surface area contributed by atoms with Gasteiger partial charge in [-0.2, -0.15) is 0 Å². The van der Waals surface area contributed by atoms with Crippen LogP contribution in [0.25, 0.3) is 11.1 Å². The predicted molar refractivity (Wildman–Crippen MR) is 127 cm³/mol. The Balaban J connectivity index is 1.37. The Kier molecular flexibility index (Phi) is 7.33. The summed E-state index contributed by atoms with van der Waals surface area (Å²) in [6.07, 6.45) is -0.722. The van der Waals surface area contributed by atoms with E-state index in [2.05, 4.69) is 29.6 Å². The molecule has 0 bridgehead atoms. The number of ether oxygens (including phenoxy) is 2. The number of rotatable bonds is 9. The molecular formula is C26H25NO5Se. The zero-order valence-corrected chi connectivity index (χ0v) is 19.9. The van der Waals surface area contributed by atoms with Gasteiger partial charge in [0.05, 0.1) is 0 Å². The van der Waals surface area contributed by atoms with Crippen LogP contribution in [0.4, 0.5) is 4.79 Å². The minimum atomic E-state index is -0.949. The molecule has 170 valence electrons. The van der Waals surface area contributed by atoms with Crippen LogP contribution in [0.15, 0.2) is 72.8 Å². The van der Waals surface area contributed by atoms with E-state index in [0.29, 0.717) is 5.32 Å². The third kappa shape index (κ3) is 5.56. The number of carboxylic acid groups (broad SMARTS) is 1. The maximum absolute atomic E-state index is 12.6. The summed E-state index contributed by atoms with van der Waals surface area (Å²) in [6, 6.07) is 23.9. The fourth-order valence-corrected chi connectivity index (χ4v) is 6.15. The predicted octanol–water partition coefficient (Wildman–Crippen LogP) is 4.24. The molecule has 0 saturated carbocycles. The minimum absolute atomic E-state index is 0.0362. The van der Waals surface area contributed by atoms with Crippen LogP contribution >= 0.6 is 0 Å². The van der Waals surface area contributed by atoms with E-state index in [-0.39, 0.29) is 33.9 Å². The molecule has 0 radical (unpaired) electrons. The first-order chi connectivity index (χ1) is 16.0. The summed E-state index contributed by atoms with van der Waals surface area (Å²) < 4.78 is 10.8. The second kappa shape index (κ2) is 10.6. The van der Waals surface area contributed by atoms with E-state index in [1.54, 1.807) is 7.11 Å². The molecule has 6 nitrogen and oxygen atoms in total. The quantitative estimate of drug-likeness (QED) is 0.421. The molecule has 1 aliphatic rings. The van der Waals surface area contributed by atoms with Gasteiger partial charge in [0.15, 0.2) is 0 Å². The van der Waals surface area contributed by atoms with E-state index in [1.807, 2.05) is 48.5 Å². The maximum atomic E-state index is 12.6. The van der Waals surface area contributed by atoms with Crippen molar-refractivity contribution in [2.24, 2.45) is 0 Å². The zero-order chi connectivity index (χ0) is 23.2. The molecule has 3 aromatic carbocycles. The van der Waals surface area contributed by atoms with Crippen LogP contribution in [0, 0.1) is 0 Å². The van der Waals surface area contributed by atoms with E-state index in [4.69, 9.17) is 9.47 Å². The molecule has 33 heavy (non-hydrogen) atoms. The number of hydrogen-bond acceptors (Lipinski definition) is 4. The number of aliphatic carboxylic acids is 1. The van der Waals surface area contributed by atoms with Gasteiger partial charge in [-0.3, -0.25) is 0 Å². The summed E-state index contributed by atoms with van der Waals surface area (Å²) >= 11 is -0.154. The van der Waals surface area contributed by atoms with E-state index in [9.17, 15) is 14.7 Å². The third-order valence-electron chi connectivity index (χ3n) is 5.59. The van der Waals surface area contributed by atoms with Crippen LogP contribution in [0.2, 0.25) is 0 Å². The van der Waals surface area contributed by atoms with E-state index in [1.165, 1.54) is 0 Å². The first kappa shape index (κ1) is 22.9. The fourth-order valence-electron chi connectivity index (χ4n) is 4.00. The van der Waals surface area contributed by atoms with Crippen molar-refractivity contribution in [1.82, 2.24) is 5.32 Å². The molecule has 0 aliphatic heterocycles. The van der Waals surface area contributed by atoms with Crippen LogP contribution in [-0.2, 0) is 14.9 Å². The number of fused-ring (bicyclic) bond motifs is 3. The molecule has 0 heterocycles.